The molecule has 0 aliphatic carbocycles. The third-order valence-corrected chi connectivity index (χ3v) is 7.34. The second-order valence-corrected chi connectivity index (χ2v) is 9.84. The number of carbonyl (C=O) groups is 1. The average Bonchev–Trinajstić information content (AvgIpc) is 3.04. The molecule has 0 fully saturated rings. The van der Waals surface area contributed by atoms with Gasteiger partial charge >= 0.3 is 0 Å². The zero-order valence-corrected chi connectivity index (χ0v) is 17.2. The summed E-state index contributed by atoms with van der Waals surface area (Å²) in [7, 11) is -3.82. The number of amides is 1. The van der Waals surface area contributed by atoms with Crippen LogP contribution in [0.25, 0.3) is 22.0 Å². The SMILES string of the molecule is Cc1cc2cc(-c3ccn(CCC(C)(C(=O)NO)S(C)(=O)=O)c(=O)c3)ccc2[nH]1. The highest BCUT2D eigenvalue weighted by Gasteiger charge is 2.43. The van der Waals surface area contributed by atoms with E-state index in [-0.39, 0.29) is 18.5 Å². The maximum absolute atomic E-state index is 12.5. The van der Waals surface area contributed by atoms with Crippen LogP contribution in [0.2, 0.25) is 0 Å². The van der Waals surface area contributed by atoms with E-state index >= 15 is 0 Å². The average molecular weight is 417 g/mol. The van der Waals surface area contributed by atoms with Crippen molar-refractivity contribution in [1.82, 2.24) is 15.0 Å². The lowest BCUT2D eigenvalue weighted by molar-refractivity contribution is -0.131. The second kappa shape index (κ2) is 7.49. The number of pyridine rings is 1. The molecule has 8 nitrogen and oxygen atoms in total. The third-order valence-electron chi connectivity index (χ3n) is 5.31. The lowest BCUT2D eigenvalue weighted by Gasteiger charge is -2.25. The minimum atomic E-state index is -3.82. The Bertz CT molecular complexity index is 1240. The van der Waals surface area contributed by atoms with E-state index in [2.05, 4.69) is 4.98 Å². The fraction of sp³-hybridized carbons (Fsp3) is 0.300. The number of H-pyrrole nitrogens is 1. The van der Waals surface area contributed by atoms with Crippen LogP contribution in [0.15, 0.2) is 47.4 Å². The van der Waals surface area contributed by atoms with Gasteiger partial charge in [-0.05, 0) is 55.7 Å². The van der Waals surface area contributed by atoms with Crippen molar-refractivity contribution in [2.75, 3.05) is 6.26 Å². The van der Waals surface area contributed by atoms with Crippen molar-refractivity contribution >= 4 is 26.6 Å². The maximum atomic E-state index is 12.5. The van der Waals surface area contributed by atoms with E-state index in [0.29, 0.717) is 0 Å². The second-order valence-electron chi connectivity index (χ2n) is 7.40. The lowest BCUT2D eigenvalue weighted by Crippen LogP contribution is -2.49. The molecule has 154 valence electrons. The number of nitrogens with zero attached hydrogens (tertiary/aromatic N) is 1. The molecule has 2 aromatic heterocycles. The molecule has 0 aliphatic heterocycles. The molecule has 29 heavy (non-hydrogen) atoms. The molecule has 0 saturated heterocycles. The van der Waals surface area contributed by atoms with E-state index < -0.39 is 20.5 Å². The van der Waals surface area contributed by atoms with Crippen LogP contribution in [0.5, 0.6) is 0 Å². The zero-order chi connectivity index (χ0) is 21.4. The van der Waals surface area contributed by atoms with Crippen LogP contribution in [-0.4, -0.2) is 40.1 Å². The molecule has 0 aliphatic rings. The monoisotopic (exact) mass is 417 g/mol. The van der Waals surface area contributed by atoms with Gasteiger partial charge in [-0.15, -0.1) is 0 Å². The minimum Gasteiger partial charge on any atom is -0.359 e. The van der Waals surface area contributed by atoms with Crippen molar-refractivity contribution in [3.05, 3.63) is 58.6 Å². The van der Waals surface area contributed by atoms with Gasteiger partial charge in [-0.25, -0.2) is 13.9 Å². The first-order valence-electron chi connectivity index (χ1n) is 8.99. The first-order chi connectivity index (χ1) is 13.5. The summed E-state index contributed by atoms with van der Waals surface area (Å²) in [4.78, 5) is 27.7. The van der Waals surface area contributed by atoms with Crippen molar-refractivity contribution < 1.29 is 18.4 Å². The number of aromatic nitrogens is 2. The van der Waals surface area contributed by atoms with E-state index in [1.807, 2.05) is 31.2 Å². The number of benzene rings is 1. The highest BCUT2D eigenvalue weighted by atomic mass is 32.2. The predicted octanol–water partition coefficient (Wildman–Crippen LogP) is 2.00. The van der Waals surface area contributed by atoms with Crippen molar-refractivity contribution in [1.29, 1.82) is 0 Å². The minimum absolute atomic E-state index is 0.00609. The Kier molecular flexibility index (Phi) is 5.38. The summed E-state index contributed by atoms with van der Waals surface area (Å²) >= 11 is 0. The molecule has 0 saturated carbocycles. The Balaban J connectivity index is 1.87. The van der Waals surface area contributed by atoms with Crippen molar-refractivity contribution in [2.24, 2.45) is 0 Å². The molecule has 3 aromatic rings. The number of hydrogen-bond donors (Lipinski definition) is 3. The van der Waals surface area contributed by atoms with Gasteiger partial charge in [0, 0.05) is 41.7 Å². The topological polar surface area (TPSA) is 121 Å². The van der Waals surface area contributed by atoms with Gasteiger partial charge in [0.1, 0.15) is 0 Å². The number of rotatable bonds is 6. The van der Waals surface area contributed by atoms with Gasteiger partial charge in [0.2, 0.25) is 0 Å². The number of aromatic amines is 1. The van der Waals surface area contributed by atoms with Gasteiger partial charge in [0.15, 0.2) is 14.6 Å². The van der Waals surface area contributed by atoms with E-state index in [1.165, 1.54) is 23.0 Å². The molecular formula is C20H23N3O5S. The largest absolute Gasteiger partial charge is 0.359 e. The number of sulfone groups is 1. The number of hydroxylamine groups is 1. The van der Waals surface area contributed by atoms with Crippen LogP contribution in [0.3, 0.4) is 0 Å². The Morgan fingerprint density at radius 2 is 1.90 bits per heavy atom. The summed E-state index contributed by atoms with van der Waals surface area (Å²) in [5.41, 5.74) is 4.79. The molecular weight excluding hydrogens is 394 g/mol. The number of carbonyl (C=O) groups excluding carboxylic acids is 1. The quantitative estimate of drug-likeness (QED) is 0.418. The Morgan fingerprint density at radius 1 is 1.21 bits per heavy atom. The molecule has 2 heterocycles. The predicted molar refractivity (Wildman–Crippen MR) is 111 cm³/mol. The summed E-state index contributed by atoms with van der Waals surface area (Å²) in [5.74, 6) is -1.03. The zero-order valence-electron chi connectivity index (χ0n) is 16.4. The van der Waals surface area contributed by atoms with Crippen LogP contribution in [-0.2, 0) is 21.2 Å². The normalized spacial score (nSPS) is 13.9. The molecule has 1 atom stereocenters. The van der Waals surface area contributed by atoms with E-state index in [0.717, 1.165) is 34.0 Å². The molecule has 3 N–H and O–H groups in total. The summed E-state index contributed by atoms with van der Waals surface area (Å²) in [6.07, 6.45) is 2.34. The van der Waals surface area contributed by atoms with Crippen LogP contribution in [0.4, 0.5) is 0 Å². The smallest absolute Gasteiger partial charge is 0.264 e. The first-order valence-corrected chi connectivity index (χ1v) is 10.9. The number of aryl methyl sites for hydroxylation is 2. The summed E-state index contributed by atoms with van der Waals surface area (Å²) < 4.78 is 23.6. The molecule has 1 unspecified atom stereocenters. The van der Waals surface area contributed by atoms with Gasteiger partial charge in [0.25, 0.3) is 11.5 Å². The molecule has 0 bridgehead atoms. The van der Waals surface area contributed by atoms with Crippen molar-refractivity contribution in [3.63, 3.8) is 0 Å². The molecule has 0 spiro atoms. The van der Waals surface area contributed by atoms with Gasteiger partial charge in [-0.1, -0.05) is 6.07 Å². The van der Waals surface area contributed by atoms with Crippen LogP contribution < -0.4 is 11.0 Å². The molecule has 3 rings (SSSR count). The molecule has 9 heteroatoms. The van der Waals surface area contributed by atoms with Crippen LogP contribution >= 0.6 is 0 Å². The van der Waals surface area contributed by atoms with Crippen molar-refractivity contribution in [2.45, 2.75) is 31.6 Å². The number of hydrogen-bond acceptors (Lipinski definition) is 5. The number of fused-ring (bicyclic) bond motifs is 1. The van der Waals surface area contributed by atoms with Gasteiger partial charge in [0.05, 0.1) is 0 Å². The van der Waals surface area contributed by atoms with E-state index in [9.17, 15) is 18.0 Å². The van der Waals surface area contributed by atoms with Crippen LogP contribution in [0, 0.1) is 6.92 Å². The Hall–Kier alpha value is -2.91. The molecule has 0 radical (unpaired) electrons. The van der Waals surface area contributed by atoms with E-state index in [1.54, 1.807) is 12.3 Å². The standard InChI is InChI=1S/C20H23N3O5S/c1-13-10-16-11-14(4-5-17(16)21-13)15-6-8-23(18(24)12-15)9-7-20(2,19(25)22-26)29(3,27)28/h4-6,8,10-12,21,26H,7,9H2,1-3H3,(H,22,25). The third kappa shape index (κ3) is 3.96. The fourth-order valence-corrected chi connectivity index (χ4v) is 4.09. The number of nitrogens with one attached hydrogen (secondary N) is 2. The molecule has 1 amide bonds. The van der Waals surface area contributed by atoms with Gasteiger partial charge in [-0.3, -0.25) is 14.8 Å². The summed E-state index contributed by atoms with van der Waals surface area (Å²) in [5, 5.41) is 9.93. The van der Waals surface area contributed by atoms with Gasteiger partial charge < -0.3 is 9.55 Å². The first kappa shape index (κ1) is 20.8. The molecule has 1 aromatic carbocycles. The van der Waals surface area contributed by atoms with Crippen molar-refractivity contribution in [3.8, 4) is 11.1 Å². The lowest BCUT2D eigenvalue weighted by atomic mass is 10.0. The Labute approximate surface area is 168 Å². The van der Waals surface area contributed by atoms with Gasteiger partial charge in [-0.2, -0.15) is 0 Å². The highest BCUT2D eigenvalue weighted by Crippen LogP contribution is 2.25. The fourth-order valence-electron chi connectivity index (χ4n) is 3.25. The van der Waals surface area contributed by atoms with Crippen LogP contribution in [0.1, 0.15) is 19.0 Å². The Morgan fingerprint density at radius 3 is 2.52 bits per heavy atom. The summed E-state index contributed by atoms with van der Waals surface area (Å²) in [6, 6.07) is 11.1. The summed E-state index contributed by atoms with van der Waals surface area (Å²) in [6.45, 7) is 3.20. The maximum Gasteiger partial charge on any atom is 0.264 e. The van der Waals surface area contributed by atoms with E-state index in [4.69, 9.17) is 5.21 Å². The highest BCUT2D eigenvalue weighted by molar-refractivity contribution is 7.92.